The molecule has 0 N–H and O–H groups in total. The van der Waals surface area contributed by atoms with Crippen molar-refractivity contribution in [1.29, 1.82) is 5.26 Å². The molecule has 0 saturated carbocycles. The van der Waals surface area contributed by atoms with Gasteiger partial charge in [-0.25, -0.2) is 0 Å². The molecule has 13 heavy (non-hydrogen) atoms. The summed E-state index contributed by atoms with van der Waals surface area (Å²) >= 11 is -0.812. The molecular formula is C11H15NSn. The van der Waals surface area contributed by atoms with Crippen molar-refractivity contribution in [2.45, 2.75) is 24.2 Å². The van der Waals surface area contributed by atoms with Crippen LogP contribution in [0.4, 0.5) is 0 Å². The van der Waals surface area contributed by atoms with E-state index < -0.39 is 21.1 Å². The fraction of sp³-hybridized carbons (Fsp3) is 0.364. The zero-order valence-corrected chi connectivity index (χ0v) is 12.1. The first kappa shape index (κ1) is 10.6. The Labute approximate surface area is 90.0 Å². The Balaban J connectivity index is 2.60. The molecule has 0 radical (unpaired) electrons. The molecule has 0 aliphatic rings. The van der Waals surface area contributed by atoms with E-state index in [1.54, 1.807) is 0 Å². The number of benzene rings is 1. The number of nitrogens with zero attached hydrogens (tertiary/aromatic N) is 1. The monoisotopic (exact) mass is 281 g/mol. The number of rotatable bonds is 4. The third-order valence-electron chi connectivity index (χ3n) is 2.19. The van der Waals surface area contributed by atoms with Crippen molar-refractivity contribution in [3.63, 3.8) is 0 Å². The fourth-order valence-corrected chi connectivity index (χ4v) is 6.84. The van der Waals surface area contributed by atoms with Crippen LogP contribution in [0.3, 0.4) is 0 Å². The van der Waals surface area contributed by atoms with E-state index in [-0.39, 0.29) is 0 Å². The Bertz CT molecular complexity index is 301. The van der Waals surface area contributed by atoms with Crippen molar-refractivity contribution in [3.05, 3.63) is 29.8 Å². The van der Waals surface area contributed by atoms with Gasteiger partial charge in [-0.1, -0.05) is 0 Å². The van der Waals surface area contributed by atoms with E-state index in [0.29, 0.717) is 0 Å². The van der Waals surface area contributed by atoms with E-state index in [1.807, 2.05) is 12.1 Å². The summed E-state index contributed by atoms with van der Waals surface area (Å²) in [6.45, 7) is 2.22. The topological polar surface area (TPSA) is 23.8 Å². The summed E-state index contributed by atoms with van der Waals surface area (Å²) in [7, 11) is 0. The fourth-order valence-electron chi connectivity index (χ4n) is 1.41. The Kier molecular flexibility index (Phi) is 4.92. The molecule has 0 saturated heterocycles. The summed E-state index contributed by atoms with van der Waals surface area (Å²) < 4.78 is 2.80. The molecule has 1 rings (SSSR count). The predicted molar refractivity (Wildman–Crippen MR) is 59.1 cm³/mol. The summed E-state index contributed by atoms with van der Waals surface area (Å²) in [6, 6.07) is 10.4. The van der Waals surface area contributed by atoms with Crippen LogP contribution in [-0.4, -0.2) is 21.1 Å². The summed E-state index contributed by atoms with van der Waals surface area (Å²) in [5, 5.41) is 8.86. The second-order valence-corrected chi connectivity index (χ2v) is 8.85. The van der Waals surface area contributed by atoms with Crippen molar-refractivity contribution in [2.24, 2.45) is 0 Å². The third-order valence-corrected chi connectivity index (χ3v) is 7.92. The molecule has 1 nitrogen and oxygen atoms in total. The maximum absolute atomic E-state index is 8.86. The minimum absolute atomic E-state index is 0.812. The van der Waals surface area contributed by atoms with Gasteiger partial charge < -0.3 is 0 Å². The van der Waals surface area contributed by atoms with Crippen LogP contribution in [-0.2, 0) is 0 Å². The standard InChI is InChI=1S/C7H4N.C4H9.Sn.2H/c8-6-7-4-2-1-3-5-7;1-3-4-2;;;/h1-4H;1,3-4H2,2H3;;;. The summed E-state index contributed by atoms with van der Waals surface area (Å²) in [6.07, 6.45) is 2.63. The minimum atomic E-state index is -0.812. The second kappa shape index (κ2) is 6.04. The average molecular weight is 280 g/mol. The molecule has 0 atom stereocenters. The van der Waals surface area contributed by atoms with E-state index in [1.165, 1.54) is 20.9 Å². The molecule has 0 aliphatic heterocycles. The average Bonchev–Trinajstić information content (AvgIpc) is 2.19. The van der Waals surface area contributed by atoms with E-state index >= 15 is 0 Å². The Hall–Kier alpha value is -0.491. The van der Waals surface area contributed by atoms with Crippen molar-refractivity contribution >= 4 is 24.7 Å². The van der Waals surface area contributed by atoms with Gasteiger partial charge in [-0.05, 0) is 0 Å². The number of hydrogen-bond donors (Lipinski definition) is 0. The van der Waals surface area contributed by atoms with Gasteiger partial charge in [-0.3, -0.25) is 0 Å². The van der Waals surface area contributed by atoms with Gasteiger partial charge in [0.05, 0.1) is 0 Å². The molecule has 68 valence electrons. The first-order valence-corrected chi connectivity index (χ1v) is 9.73. The molecule has 0 spiro atoms. The molecule has 0 bridgehead atoms. The van der Waals surface area contributed by atoms with E-state index in [4.69, 9.17) is 5.26 Å². The van der Waals surface area contributed by atoms with Crippen molar-refractivity contribution in [3.8, 4) is 6.07 Å². The van der Waals surface area contributed by atoms with E-state index in [9.17, 15) is 0 Å². The van der Waals surface area contributed by atoms with Crippen LogP contribution in [0.15, 0.2) is 24.3 Å². The van der Waals surface area contributed by atoms with Crippen molar-refractivity contribution < 1.29 is 0 Å². The van der Waals surface area contributed by atoms with Gasteiger partial charge in [-0.15, -0.1) is 0 Å². The molecule has 0 aliphatic carbocycles. The zero-order chi connectivity index (χ0) is 9.52. The van der Waals surface area contributed by atoms with E-state index in [2.05, 4.69) is 25.1 Å². The van der Waals surface area contributed by atoms with Crippen LogP contribution in [0.1, 0.15) is 25.3 Å². The quantitative estimate of drug-likeness (QED) is 0.606. The number of hydrogen-bond acceptors (Lipinski definition) is 1. The first-order valence-electron chi connectivity index (χ1n) is 4.86. The van der Waals surface area contributed by atoms with Crippen molar-refractivity contribution in [1.82, 2.24) is 0 Å². The molecule has 0 amide bonds. The SMILES string of the molecule is CCC[CH2][SnH2][c]1ccccc1C#N. The molecule has 2 heteroatoms. The summed E-state index contributed by atoms with van der Waals surface area (Å²) in [4.78, 5) is 0. The van der Waals surface area contributed by atoms with Crippen LogP contribution < -0.4 is 3.58 Å². The molecule has 0 heterocycles. The van der Waals surface area contributed by atoms with Crippen LogP contribution >= 0.6 is 0 Å². The second-order valence-electron chi connectivity index (χ2n) is 3.23. The van der Waals surface area contributed by atoms with Gasteiger partial charge in [0.2, 0.25) is 0 Å². The molecule has 1 aromatic carbocycles. The predicted octanol–water partition coefficient (Wildman–Crippen LogP) is 1.57. The van der Waals surface area contributed by atoms with Gasteiger partial charge in [0.15, 0.2) is 0 Å². The summed E-state index contributed by atoms with van der Waals surface area (Å²) in [5.74, 6) is 0. The Morgan fingerprint density at radius 1 is 1.38 bits per heavy atom. The Morgan fingerprint density at radius 3 is 2.85 bits per heavy atom. The van der Waals surface area contributed by atoms with Gasteiger partial charge in [0.1, 0.15) is 0 Å². The number of nitriles is 1. The van der Waals surface area contributed by atoms with Gasteiger partial charge in [0.25, 0.3) is 0 Å². The molecule has 0 fully saturated rings. The van der Waals surface area contributed by atoms with E-state index in [0.717, 1.165) is 5.56 Å². The maximum atomic E-state index is 8.86. The van der Waals surface area contributed by atoms with Gasteiger partial charge in [0, 0.05) is 0 Å². The number of unbranched alkanes of at least 4 members (excludes halogenated alkanes) is 1. The van der Waals surface area contributed by atoms with Gasteiger partial charge in [-0.2, -0.15) is 0 Å². The first-order chi connectivity index (χ1) is 6.38. The molecular weight excluding hydrogens is 265 g/mol. The third kappa shape index (κ3) is 3.39. The zero-order valence-electron chi connectivity index (χ0n) is 8.09. The molecule has 0 unspecified atom stereocenters. The van der Waals surface area contributed by atoms with Crippen LogP contribution in [0.25, 0.3) is 0 Å². The Morgan fingerprint density at radius 2 is 2.15 bits per heavy atom. The van der Waals surface area contributed by atoms with Crippen molar-refractivity contribution in [2.75, 3.05) is 0 Å². The molecule has 0 aromatic heterocycles. The van der Waals surface area contributed by atoms with Crippen LogP contribution in [0, 0.1) is 11.3 Å². The molecule has 1 aromatic rings. The van der Waals surface area contributed by atoms with Crippen LogP contribution in [0.5, 0.6) is 0 Å². The van der Waals surface area contributed by atoms with Gasteiger partial charge >= 0.3 is 90.1 Å². The van der Waals surface area contributed by atoms with Crippen LogP contribution in [0.2, 0.25) is 4.44 Å². The summed E-state index contributed by atoms with van der Waals surface area (Å²) in [5.41, 5.74) is 0.925. The normalized spacial score (nSPS) is 10.5.